The third-order valence-electron chi connectivity index (χ3n) is 2.34. The SMILES string of the molecule is CSc1cccc(Nc2ccc(N)cc2F)c1. The number of nitrogens with one attached hydrogen (secondary N) is 1. The molecule has 0 saturated heterocycles. The van der Waals surface area contributed by atoms with Gasteiger partial charge in [0.05, 0.1) is 5.69 Å². The van der Waals surface area contributed by atoms with Crippen molar-refractivity contribution < 1.29 is 4.39 Å². The van der Waals surface area contributed by atoms with Crippen molar-refractivity contribution in [3.8, 4) is 0 Å². The fourth-order valence-corrected chi connectivity index (χ4v) is 1.95. The van der Waals surface area contributed by atoms with Crippen molar-refractivity contribution >= 4 is 28.8 Å². The van der Waals surface area contributed by atoms with E-state index in [0.717, 1.165) is 10.6 Å². The van der Waals surface area contributed by atoms with E-state index in [9.17, 15) is 4.39 Å². The Bertz CT molecular complexity index is 529. The monoisotopic (exact) mass is 248 g/mol. The maximum atomic E-state index is 13.6. The lowest BCUT2D eigenvalue weighted by Gasteiger charge is -2.09. The molecule has 0 saturated carbocycles. The lowest BCUT2D eigenvalue weighted by molar-refractivity contribution is 0.632. The highest BCUT2D eigenvalue weighted by Gasteiger charge is 2.03. The van der Waals surface area contributed by atoms with Crippen LogP contribution in [0.25, 0.3) is 0 Å². The van der Waals surface area contributed by atoms with Gasteiger partial charge in [0.25, 0.3) is 0 Å². The van der Waals surface area contributed by atoms with Crippen molar-refractivity contribution in [1.29, 1.82) is 0 Å². The second kappa shape index (κ2) is 5.10. The Morgan fingerprint density at radius 1 is 1.18 bits per heavy atom. The zero-order chi connectivity index (χ0) is 12.3. The quantitative estimate of drug-likeness (QED) is 0.639. The van der Waals surface area contributed by atoms with Crippen LogP contribution in [0.2, 0.25) is 0 Å². The first-order valence-corrected chi connectivity index (χ1v) is 6.37. The van der Waals surface area contributed by atoms with Crippen LogP contribution in [0, 0.1) is 5.82 Å². The molecule has 0 aliphatic heterocycles. The van der Waals surface area contributed by atoms with Gasteiger partial charge in [0, 0.05) is 16.3 Å². The van der Waals surface area contributed by atoms with Crippen molar-refractivity contribution in [3.05, 3.63) is 48.3 Å². The summed E-state index contributed by atoms with van der Waals surface area (Å²) in [5, 5.41) is 3.03. The molecule has 0 atom stereocenters. The van der Waals surface area contributed by atoms with Crippen LogP contribution in [-0.4, -0.2) is 6.26 Å². The van der Waals surface area contributed by atoms with Gasteiger partial charge in [0.15, 0.2) is 0 Å². The molecule has 88 valence electrons. The van der Waals surface area contributed by atoms with Gasteiger partial charge in [-0.05, 0) is 42.7 Å². The highest BCUT2D eigenvalue weighted by Crippen LogP contribution is 2.24. The molecule has 0 heterocycles. The third-order valence-corrected chi connectivity index (χ3v) is 3.07. The van der Waals surface area contributed by atoms with E-state index in [1.807, 2.05) is 30.5 Å². The van der Waals surface area contributed by atoms with Crippen LogP contribution in [-0.2, 0) is 0 Å². The number of anilines is 3. The number of hydrogen-bond donors (Lipinski definition) is 2. The van der Waals surface area contributed by atoms with Crippen LogP contribution >= 0.6 is 11.8 Å². The minimum atomic E-state index is -0.348. The highest BCUT2D eigenvalue weighted by atomic mass is 32.2. The average molecular weight is 248 g/mol. The fraction of sp³-hybridized carbons (Fsp3) is 0.0769. The molecule has 2 nitrogen and oxygen atoms in total. The lowest BCUT2D eigenvalue weighted by atomic mass is 10.2. The molecule has 2 aromatic rings. The Morgan fingerprint density at radius 3 is 2.71 bits per heavy atom. The van der Waals surface area contributed by atoms with Gasteiger partial charge >= 0.3 is 0 Å². The average Bonchev–Trinajstić information content (AvgIpc) is 2.33. The molecule has 2 rings (SSSR count). The van der Waals surface area contributed by atoms with E-state index < -0.39 is 0 Å². The molecule has 0 fully saturated rings. The van der Waals surface area contributed by atoms with Gasteiger partial charge in [0.1, 0.15) is 5.82 Å². The smallest absolute Gasteiger partial charge is 0.148 e. The molecule has 3 N–H and O–H groups in total. The first-order valence-electron chi connectivity index (χ1n) is 5.15. The van der Waals surface area contributed by atoms with Crippen molar-refractivity contribution in [2.45, 2.75) is 4.90 Å². The van der Waals surface area contributed by atoms with Crippen molar-refractivity contribution in [2.24, 2.45) is 0 Å². The number of hydrogen-bond acceptors (Lipinski definition) is 3. The summed E-state index contributed by atoms with van der Waals surface area (Å²) in [6.07, 6.45) is 2.00. The molecular weight excluding hydrogens is 235 g/mol. The van der Waals surface area contributed by atoms with Crippen LogP contribution in [0.4, 0.5) is 21.5 Å². The van der Waals surface area contributed by atoms with Gasteiger partial charge in [-0.15, -0.1) is 11.8 Å². The van der Waals surface area contributed by atoms with Gasteiger partial charge < -0.3 is 11.1 Å². The minimum absolute atomic E-state index is 0.348. The van der Waals surface area contributed by atoms with E-state index in [-0.39, 0.29) is 5.82 Å². The van der Waals surface area contributed by atoms with Gasteiger partial charge in [0.2, 0.25) is 0 Å². The second-order valence-corrected chi connectivity index (χ2v) is 4.48. The summed E-state index contributed by atoms with van der Waals surface area (Å²) in [6, 6.07) is 12.4. The van der Waals surface area contributed by atoms with E-state index in [1.165, 1.54) is 6.07 Å². The van der Waals surface area contributed by atoms with Crippen molar-refractivity contribution in [1.82, 2.24) is 0 Å². The minimum Gasteiger partial charge on any atom is -0.399 e. The molecule has 0 aliphatic carbocycles. The maximum Gasteiger partial charge on any atom is 0.148 e. The molecule has 17 heavy (non-hydrogen) atoms. The van der Waals surface area contributed by atoms with Crippen molar-refractivity contribution in [2.75, 3.05) is 17.3 Å². The molecule has 0 radical (unpaired) electrons. The summed E-state index contributed by atoms with van der Waals surface area (Å²) in [5.41, 5.74) is 7.21. The molecular formula is C13H13FN2S. The van der Waals surface area contributed by atoms with E-state index in [4.69, 9.17) is 5.73 Å². The second-order valence-electron chi connectivity index (χ2n) is 3.60. The Balaban J connectivity index is 2.25. The van der Waals surface area contributed by atoms with Crippen molar-refractivity contribution in [3.63, 3.8) is 0 Å². The standard InChI is InChI=1S/C13H13FN2S/c1-17-11-4-2-3-10(8-11)16-13-6-5-9(15)7-12(13)14/h2-8,16H,15H2,1H3. The van der Waals surface area contributed by atoms with Gasteiger partial charge in [-0.2, -0.15) is 0 Å². The summed E-state index contributed by atoms with van der Waals surface area (Å²) in [7, 11) is 0. The highest BCUT2D eigenvalue weighted by molar-refractivity contribution is 7.98. The number of benzene rings is 2. The molecule has 0 aliphatic rings. The predicted octanol–water partition coefficient (Wildman–Crippen LogP) is 3.87. The van der Waals surface area contributed by atoms with Crippen LogP contribution in [0.15, 0.2) is 47.4 Å². The largest absolute Gasteiger partial charge is 0.399 e. The fourth-order valence-electron chi connectivity index (χ4n) is 1.49. The zero-order valence-electron chi connectivity index (χ0n) is 9.41. The van der Waals surface area contributed by atoms with Gasteiger partial charge in [-0.25, -0.2) is 4.39 Å². The molecule has 0 unspecified atom stereocenters. The van der Waals surface area contributed by atoms with Crippen LogP contribution < -0.4 is 11.1 Å². The Morgan fingerprint density at radius 2 is 2.00 bits per heavy atom. The topological polar surface area (TPSA) is 38.0 Å². The first-order chi connectivity index (χ1) is 8.19. The van der Waals surface area contributed by atoms with E-state index in [2.05, 4.69) is 5.32 Å². The Kier molecular flexibility index (Phi) is 3.54. The summed E-state index contributed by atoms with van der Waals surface area (Å²) in [4.78, 5) is 1.13. The van der Waals surface area contributed by atoms with E-state index >= 15 is 0 Å². The Labute approximate surface area is 104 Å². The predicted molar refractivity (Wildman–Crippen MR) is 72.3 cm³/mol. The Hall–Kier alpha value is -1.68. The first kappa shape index (κ1) is 11.8. The van der Waals surface area contributed by atoms with Gasteiger partial charge in [-0.3, -0.25) is 0 Å². The summed E-state index contributed by atoms with van der Waals surface area (Å²) in [6.45, 7) is 0. The molecule has 0 aromatic heterocycles. The summed E-state index contributed by atoms with van der Waals surface area (Å²) in [5.74, 6) is -0.348. The number of thioether (sulfide) groups is 1. The van der Waals surface area contributed by atoms with Crippen LogP contribution in [0.5, 0.6) is 0 Å². The lowest BCUT2D eigenvalue weighted by Crippen LogP contribution is -1.95. The number of nitrogen functional groups attached to an aromatic ring is 1. The molecule has 0 amide bonds. The van der Waals surface area contributed by atoms with Crippen LogP contribution in [0.1, 0.15) is 0 Å². The maximum absolute atomic E-state index is 13.6. The molecule has 0 spiro atoms. The number of nitrogens with two attached hydrogens (primary N) is 1. The summed E-state index contributed by atoms with van der Waals surface area (Å²) >= 11 is 1.65. The van der Waals surface area contributed by atoms with Gasteiger partial charge in [-0.1, -0.05) is 6.07 Å². The third kappa shape index (κ3) is 2.91. The number of halogens is 1. The van der Waals surface area contributed by atoms with Crippen LogP contribution in [0.3, 0.4) is 0 Å². The zero-order valence-corrected chi connectivity index (χ0v) is 10.2. The molecule has 2 aromatic carbocycles. The van der Waals surface area contributed by atoms with E-state index in [0.29, 0.717) is 11.4 Å². The normalized spacial score (nSPS) is 10.2. The molecule has 4 heteroatoms. The summed E-state index contributed by atoms with van der Waals surface area (Å²) < 4.78 is 13.6. The molecule has 0 bridgehead atoms. The van der Waals surface area contributed by atoms with E-state index in [1.54, 1.807) is 23.9 Å². The number of rotatable bonds is 3.